The lowest BCUT2D eigenvalue weighted by Gasteiger charge is -2.27. The standard InChI is InChI=1S/C13H13O3PS/c14-17(18,16-13-9-5-2-6-10-13)15-11-12-7-3-1-4-8-12/h1-10H,11H2,(H,14,18)/p-1. The maximum absolute atomic E-state index is 11.9. The Morgan fingerprint density at radius 1 is 0.944 bits per heavy atom. The predicted molar refractivity (Wildman–Crippen MR) is 72.6 cm³/mol. The molecule has 18 heavy (non-hydrogen) atoms. The van der Waals surface area contributed by atoms with Gasteiger partial charge in [0.15, 0.2) is 6.72 Å². The molecular formula is C13H12O3PS-. The van der Waals surface area contributed by atoms with Crippen molar-refractivity contribution in [1.29, 1.82) is 0 Å². The summed E-state index contributed by atoms with van der Waals surface area (Å²) in [5, 5.41) is 0. The van der Waals surface area contributed by atoms with E-state index in [2.05, 4.69) is 0 Å². The highest BCUT2D eigenvalue weighted by Crippen LogP contribution is 2.40. The zero-order valence-corrected chi connectivity index (χ0v) is 11.3. The Kier molecular flexibility index (Phi) is 4.50. The maximum Gasteiger partial charge on any atom is 0.169 e. The minimum atomic E-state index is -3.50. The zero-order chi connectivity index (χ0) is 12.8. The van der Waals surface area contributed by atoms with E-state index in [9.17, 15) is 4.89 Å². The van der Waals surface area contributed by atoms with Crippen LogP contribution >= 0.6 is 6.72 Å². The van der Waals surface area contributed by atoms with Crippen LogP contribution < -0.4 is 9.42 Å². The molecule has 94 valence electrons. The van der Waals surface area contributed by atoms with Gasteiger partial charge in [0.1, 0.15) is 5.75 Å². The molecule has 0 fully saturated rings. The quantitative estimate of drug-likeness (QED) is 0.789. The van der Waals surface area contributed by atoms with Crippen LogP contribution in [0.3, 0.4) is 0 Å². The molecule has 0 aliphatic heterocycles. The van der Waals surface area contributed by atoms with Crippen LogP contribution in [0.25, 0.3) is 0 Å². The Labute approximate surface area is 111 Å². The third-order valence-electron chi connectivity index (χ3n) is 2.19. The van der Waals surface area contributed by atoms with Crippen LogP contribution in [-0.4, -0.2) is 0 Å². The molecule has 2 rings (SSSR count). The normalized spacial score (nSPS) is 13.8. The summed E-state index contributed by atoms with van der Waals surface area (Å²) in [6, 6.07) is 18.2. The first-order valence-electron chi connectivity index (χ1n) is 5.40. The Hall–Kier alpha value is -1.19. The zero-order valence-electron chi connectivity index (χ0n) is 9.56. The smallest absolute Gasteiger partial charge is 0.169 e. The van der Waals surface area contributed by atoms with Crippen molar-refractivity contribution in [2.75, 3.05) is 0 Å². The molecule has 3 nitrogen and oxygen atoms in total. The van der Waals surface area contributed by atoms with Crippen molar-refractivity contribution in [2.24, 2.45) is 0 Å². The fourth-order valence-corrected chi connectivity index (χ4v) is 2.52. The molecule has 0 amide bonds. The summed E-state index contributed by atoms with van der Waals surface area (Å²) in [6.07, 6.45) is 0. The Balaban J connectivity index is 1.94. The van der Waals surface area contributed by atoms with E-state index >= 15 is 0 Å². The highest BCUT2D eigenvalue weighted by molar-refractivity contribution is 8.06. The molecule has 0 bridgehead atoms. The van der Waals surface area contributed by atoms with Crippen LogP contribution in [0.5, 0.6) is 5.75 Å². The van der Waals surface area contributed by atoms with Crippen molar-refractivity contribution in [3.63, 3.8) is 0 Å². The van der Waals surface area contributed by atoms with Gasteiger partial charge in [0.05, 0.1) is 6.61 Å². The van der Waals surface area contributed by atoms with Gasteiger partial charge in [0.25, 0.3) is 0 Å². The van der Waals surface area contributed by atoms with Crippen molar-refractivity contribution >= 4 is 18.5 Å². The summed E-state index contributed by atoms with van der Waals surface area (Å²) < 4.78 is 10.3. The first kappa shape index (κ1) is 13.2. The molecule has 1 atom stereocenters. The average Bonchev–Trinajstić information content (AvgIpc) is 2.38. The van der Waals surface area contributed by atoms with Crippen molar-refractivity contribution in [3.8, 4) is 5.75 Å². The number of hydrogen-bond donors (Lipinski definition) is 0. The van der Waals surface area contributed by atoms with Crippen molar-refractivity contribution < 1.29 is 13.9 Å². The molecule has 0 heterocycles. The first-order valence-corrected chi connectivity index (χ1v) is 7.95. The van der Waals surface area contributed by atoms with Gasteiger partial charge in [0.2, 0.25) is 0 Å². The van der Waals surface area contributed by atoms with E-state index in [1.54, 1.807) is 24.3 Å². The van der Waals surface area contributed by atoms with Gasteiger partial charge in [-0.15, -0.1) is 0 Å². The molecule has 2 aromatic rings. The van der Waals surface area contributed by atoms with Crippen LogP contribution in [0.4, 0.5) is 0 Å². The summed E-state index contributed by atoms with van der Waals surface area (Å²) in [6.45, 7) is -3.32. The van der Waals surface area contributed by atoms with Gasteiger partial charge in [-0.2, -0.15) is 0 Å². The lowest BCUT2D eigenvalue weighted by Crippen LogP contribution is -2.10. The Bertz CT molecular complexity index is 530. The van der Waals surface area contributed by atoms with Gasteiger partial charge in [-0.3, -0.25) is 0 Å². The molecule has 5 heteroatoms. The van der Waals surface area contributed by atoms with E-state index < -0.39 is 6.72 Å². The molecule has 0 N–H and O–H groups in total. The monoisotopic (exact) mass is 279 g/mol. The van der Waals surface area contributed by atoms with Gasteiger partial charge >= 0.3 is 0 Å². The van der Waals surface area contributed by atoms with Gasteiger partial charge in [-0.05, 0) is 29.5 Å². The molecule has 0 aromatic heterocycles. The molecule has 0 saturated heterocycles. The molecule has 0 aliphatic carbocycles. The second-order valence-corrected chi connectivity index (χ2v) is 6.29. The predicted octanol–water partition coefficient (Wildman–Crippen LogP) is 2.87. The van der Waals surface area contributed by atoms with Crippen molar-refractivity contribution in [3.05, 3.63) is 66.2 Å². The van der Waals surface area contributed by atoms with Gasteiger partial charge in [-0.25, -0.2) is 0 Å². The molecule has 0 spiro atoms. The highest BCUT2D eigenvalue weighted by atomic mass is 32.5. The minimum Gasteiger partial charge on any atom is -0.770 e. The molecule has 1 unspecified atom stereocenters. The van der Waals surface area contributed by atoms with Crippen molar-refractivity contribution in [2.45, 2.75) is 6.61 Å². The summed E-state index contributed by atoms with van der Waals surface area (Å²) >= 11 is 4.84. The fourth-order valence-electron chi connectivity index (χ4n) is 1.36. The lowest BCUT2D eigenvalue weighted by atomic mass is 10.2. The van der Waals surface area contributed by atoms with E-state index in [1.807, 2.05) is 36.4 Å². The molecular weight excluding hydrogens is 267 g/mol. The lowest BCUT2D eigenvalue weighted by molar-refractivity contribution is -0.199. The van der Waals surface area contributed by atoms with Gasteiger partial charge < -0.3 is 13.9 Å². The highest BCUT2D eigenvalue weighted by Gasteiger charge is 2.06. The third-order valence-corrected chi connectivity index (χ3v) is 3.61. The maximum atomic E-state index is 11.9. The summed E-state index contributed by atoms with van der Waals surface area (Å²) in [5.41, 5.74) is 0.902. The second kappa shape index (κ2) is 6.12. The number of benzene rings is 2. The fraction of sp³-hybridized carbons (Fsp3) is 0.0769. The Morgan fingerprint density at radius 2 is 1.50 bits per heavy atom. The number of rotatable bonds is 5. The SMILES string of the molecule is [O-]P(=S)(OCc1ccccc1)Oc1ccccc1. The van der Waals surface area contributed by atoms with Crippen LogP contribution in [0.1, 0.15) is 5.56 Å². The molecule has 0 aliphatic rings. The second-order valence-electron chi connectivity index (χ2n) is 3.61. The average molecular weight is 279 g/mol. The molecule has 2 aromatic carbocycles. The number of para-hydroxylation sites is 1. The van der Waals surface area contributed by atoms with E-state index in [4.69, 9.17) is 20.9 Å². The molecule has 0 saturated carbocycles. The topological polar surface area (TPSA) is 41.5 Å². The first-order chi connectivity index (χ1) is 8.66. The molecule has 0 radical (unpaired) electrons. The minimum absolute atomic E-state index is 0.175. The van der Waals surface area contributed by atoms with Gasteiger partial charge in [-0.1, -0.05) is 48.5 Å². The van der Waals surface area contributed by atoms with Crippen molar-refractivity contribution in [1.82, 2.24) is 0 Å². The number of hydrogen-bond acceptors (Lipinski definition) is 4. The van der Waals surface area contributed by atoms with E-state index in [0.29, 0.717) is 5.75 Å². The van der Waals surface area contributed by atoms with Crippen LogP contribution in [0.15, 0.2) is 60.7 Å². The van der Waals surface area contributed by atoms with Crippen LogP contribution in [-0.2, 0) is 22.9 Å². The largest absolute Gasteiger partial charge is 0.770 e. The van der Waals surface area contributed by atoms with Crippen LogP contribution in [0.2, 0.25) is 0 Å². The van der Waals surface area contributed by atoms with Crippen LogP contribution in [0, 0.1) is 0 Å². The summed E-state index contributed by atoms with van der Waals surface area (Å²) in [5.74, 6) is 0.448. The van der Waals surface area contributed by atoms with Gasteiger partial charge in [0, 0.05) is 0 Å². The Morgan fingerprint density at radius 3 is 2.11 bits per heavy atom. The van der Waals surface area contributed by atoms with E-state index in [0.717, 1.165) is 5.56 Å². The summed E-state index contributed by atoms with van der Waals surface area (Å²) in [7, 11) is 0. The van der Waals surface area contributed by atoms with E-state index in [-0.39, 0.29) is 6.61 Å². The van der Waals surface area contributed by atoms with E-state index in [1.165, 1.54) is 0 Å². The summed E-state index contributed by atoms with van der Waals surface area (Å²) in [4.78, 5) is 11.9. The third kappa shape index (κ3) is 4.24.